The highest BCUT2D eigenvalue weighted by molar-refractivity contribution is 8.01. The number of carboxylic acid groups (broad SMARTS) is 1. The van der Waals surface area contributed by atoms with Gasteiger partial charge < -0.3 is 19.2 Å². The minimum atomic E-state index is -1.08. The van der Waals surface area contributed by atoms with Crippen LogP contribution in [0.5, 0.6) is 0 Å². The number of thioether (sulfide) groups is 1. The Morgan fingerprint density at radius 2 is 1.55 bits per heavy atom. The summed E-state index contributed by atoms with van der Waals surface area (Å²) in [5.41, 5.74) is 0.179. The molecule has 0 unspecified atom stereocenters. The summed E-state index contributed by atoms with van der Waals surface area (Å²) in [6, 6.07) is 7.59. The molecule has 120 valence electrons. The number of carbonyl (C=O) groups is 1. The monoisotopic (exact) mass is 321 g/mol. The van der Waals surface area contributed by atoms with Gasteiger partial charge >= 0.3 is 7.12 Å². The first-order chi connectivity index (χ1) is 9.95. The third-order valence-corrected chi connectivity index (χ3v) is 5.45. The molecule has 0 saturated carbocycles. The molecule has 1 fully saturated rings. The van der Waals surface area contributed by atoms with Crippen molar-refractivity contribution in [3.05, 3.63) is 24.3 Å². The summed E-state index contributed by atoms with van der Waals surface area (Å²) >= 11 is 1.26. The molecule has 0 aromatic heterocycles. The van der Waals surface area contributed by atoms with E-state index < -0.39 is 17.8 Å². The molecule has 0 amide bonds. The highest BCUT2D eigenvalue weighted by atomic mass is 32.2. The number of aliphatic carboxylic acids is 1. The zero-order chi connectivity index (χ0) is 16.8. The molecule has 6 heteroatoms. The fourth-order valence-electron chi connectivity index (χ4n) is 2.01. The molecule has 1 aromatic carbocycles. The van der Waals surface area contributed by atoms with Gasteiger partial charge in [0.15, 0.2) is 0 Å². The quantitative estimate of drug-likeness (QED) is 0.623. The first-order valence-corrected chi connectivity index (χ1v) is 8.12. The molecule has 0 N–H and O–H groups in total. The molecule has 1 aliphatic rings. The molecule has 1 saturated heterocycles. The van der Waals surface area contributed by atoms with Gasteiger partial charge in [0.2, 0.25) is 0 Å². The van der Waals surface area contributed by atoms with Crippen molar-refractivity contribution < 1.29 is 19.2 Å². The van der Waals surface area contributed by atoms with Crippen LogP contribution >= 0.6 is 11.8 Å². The highest BCUT2D eigenvalue weighted by Gasteiger charge is 2.51. The Morgan fingerprint density at radius 3 is 1.95 bits per heavy atom. The van der Waals surface area contributed by atoms with E-state index >= 15 is 0 Å². The third kappa shape index (κ3) is 3.34. The van der Waals surface area contributed by atoms with Crippen LogP contribution in [-0.4, -0.2) is 29.0 Å². The maximum Gasteiger partial charge on any atom is 0.494 e. The van der Waals surface area contributed by atoms with Gasteiger partial charge in [0.25, 0.3) is 0 Å². The molecular weight excluding hydrogens is 299 g/mol. The predicted molar refractivity (Wildman–Crippen MR) is 87.1 cm³/mol. The second-order valence-corrected chi connectivity index (χ2v) is 8.75. The molecule has 0 bridgehead atoms. The van der Waals surface area contributed by atoms with E-state index in [-0.39, 0.29) is 11.2 Å². The van der Waals surface area contributed by atoms with Crippen molar-refractivity contribution in [2.24, 2.45) is 0 Å². The molecule has 22 heavy (non-hydrogen) atoms. The normalized spacial score (nSPS) is 20.2. The molecule has 0 aliphatic carbocycles. The molecule has 1 aliphatic heterocycles. The molecule has 2 rings (SSSR count). The van der Waals surface area contributed by atoms with E-state index in [1.807, 2.05) is 52.0 Å². The Kier molecular flexibility index (Phi) is 4.41. The Morgan fingerprint density at radius 1 is 1.09 bits per heavy atom. The summed E-state index contributed by atoms with van der Waals surface area (Å²) in [6.45, 7) is 11.3. The lowest BCUT2D eigenvalue weighted by molar-refractivity contribution is -0.308. The van der Waals surface area contributed by atoms with Crippen molar-refractivity contribution in [3.63, 3.8) is 0 Å². The first-order valence-electron chi connectivity index (χ1n) is 7.31. The smallest absolute Gasteiger partial charge is 0.494 e. The third-order valence-electron chi connectivity index (χ3n) is 4.27. The van der Waals surface area contributed by atoms with E-state index in [0.29, 0.717) is 0 Å². The van der Waals surface area contributed by atoms with E-state index in [4.69, 9.17) is 9.31 Å². The summed E-state index contributed by atoms with van der Waals surface area (Å²) < 4.78 is 11.0. The molecule has 1 heterocycles. The van der Waals surface area contributed by atoms with Crippen LogP contribution in [0.1, 0.15) is 41.5 Å². The minimum Gasteiger partial charge on any atom is -0.549 e. The van der Waals surface area contributed by atoms with Crippen molar-refractivity contribution >= 4 is 30.3 Å². The number of carboxylic acids is 1. The Labute approximate surface area is 136 Å². The van der Waals surface area contributed by atoms with Gasteiger partial charge in [-0.05, 0) is 59.1 Å². The van der Waals surface area contributed by atoms with Gasteiger partial charge in [-0.2, -0.15) is 0 Å². The maximum absolute atomic E-state index is 11.1. The fourth-order valence-corrected chi connectivity index (χ4v) is 2.95. The van der Waals surface area contributed by atoms with Crippen LogP contribution in [0.25, 0.3) is 0 Å². The van der Waals surface area contributed by atoms with Gasteiger partial charge in [-0.25, -0.2) is 0 Å². The van der Waals surface area contributed by atoms with Crippen LogP contribution in [0.4, 0.5) is 0 Å². The maximum atomic E-state index is 11.1. The molecule has 0 atom stereocenters. The van der Waals surface area contributed by atoms with Crippen molar-refractivity contribution in [3.8, 4) is 0 Å². The lowest BCUT2D eigenvalue weighted by Crippen LogP contribution is -2.41. The molecular formula is C16H22BO4S-. The lowest BCUT2D eigenvalue weighted by Gasteiger charge is -2.32. The van der Waals surface area contributed by atoms with Gasteiger partial charge in [0, 0.05) is 4.90 Å². The van der Waals surface area contributed by atoms with Crippen LogP contribution in [0.15, 0.2) is 29.2 Å². The number of benzene rings is 1. The SMILES string of the molecule is CC(C)(Sc1ccc(B2OC(C)(C)C(C)(C)O2)cc1)C(=O)[O-]. The Hall–Kier alpha value is -0.975. The number of hydrogen-bond donors (Lipinski definition) is 0. The van der Waals surface area contributed by atoms with Crippen LogP contribution in [0.2, 0.25) is 0 Å². The van der Waals surface area contributed by atoms with Gasteiger partial charge in [0.05, 0.1) is 21.9 Å². The Bertz CT molecular complexity index is 550. The van der Waals surface area contributed by atoms with Crippen LogP contribution in [0, 0.1) is 0 Å². The number of hydrogen-bond acceptors (Lipinski definition) is 5. The average molecular weight is 321 g/mol. The summed E-state index contributed by atoms with van der Waals surface area (Å²) in [5, 5.41) is 11.1. The second-order valence-electron chi connectivity index (χ2n) is 7.06. The van der Waals surface area contributed by atoms with Crippen LogP contribution in [0.3, 0.4) is 0 Å². The summed E-state index contributed by atoms with van der Waals surface area (Å²) in [4.78, 5) is 11.9. The van der Waals surface area contributed by atoms with E-state index in [2.05, 4.69) is 0 Å². The molecule has 0 radical (unpaired) electrons. The summed E-state index contributed by atoms with van der Waals surface area (Å²) in [5.74, 6) is -1.08. The first kappa shape index (κ1) is 17.4. The zero-order valence-electron chi connectivity index (χ0n) is 13.9. The van der Waals surface area contributed by atoms with E-state index in [1.54, 1.807) is 13.8 Å². The second kappa shape index (κ2) is 5.58. The molecule has 4 nitrogen and oxygen atoms in total. The summed E-state index contributed by atoms with van der Waals surface area (Å²) in [7, 11) is -0.404. The lowest BCUT2D eigenvalue weighted by atomic mass is 9.79. The van der Waals surface area contributed by atoms with Crippen molar-refractivity contribution in [2.75, 3.05) is 0 Å². The van der Waals surface area contributed by atoms with Gasteiger partial charge in [-0.1, -0.05) is 12.1 Å². The summed E-state index contributed by atoms with van der Waals surface area (Å²) in [6.07, 6.45) is 0. The zero-order valence-corrected chi connectivity index (χ0v) is 14.7. The largest absolute Gasteiger partial charge is 0.549 e. The molecule has 1 aromatic rings. The standard InChI is InChI=1S/C16H23BO4S/c1-14(2,13(18)19)22-12-9-7-11(8-10-12)17-20-15(3,4)16(5,6)21-17/h7-10H,1-6H3,(H,18,19)/p-1. The minimum absolute atomic E-state index is 0.373. The van der Waals surface area contributed by atoms with Crippen LogP contribution < -0.4 is 10.6 Å². The van der Waals surface area contributed by atoms with Crippen LogP contribution in [-0.2, 0) is 14.1 Å². The number of carbonyl (C=O) groups excluding carboxylic acids is 1. The van der Waals surface area contributed by atoms with Gasteiger partial charge in [-0.15, -0.1) is 11.8 Å². The average Bonchev–Trinajstić information content (AvgIpc) is 2.58. The Balaban J connectivity index is 2.12. The predicted octanol–water partition coefficient (Wildman–Crippen LogP) is 1.61. The molecule has 0 spiro atoms. The van der Waals surface area contributed by atoms with Gasteiger partial charge in [0.1, 0.15) is 0 Å². The topological polar surface area (TPSA) is 58.6 Å². The van der Waals surface area contributed by atoms with E-state index in [1.165, 1.54) is 11.8 Å². The fraction of sp³-hybridized carbons (Fsp3) is 0.562. The number of rotatable bonds is 4. The van der Waals surface area contributed by atoms with Crippen molar-refractivity contribution in [1.82, 2.24) is 0 Å². The highest BCUT2D eigenvalue weighted by Crippen LogP contribution is 2.37. The van der Waals surface area contributed by atoms with E-state index in [9.17, 15) is 9.90 Å². The van der Waals surface area contributed by atoms with E-state index in [0.717, 1.165) is 10.4 Å². The van der Waals surface area contributed by atoms with Gasteiger partial charge in [-0.3, -0.25) is 0 Å². The van der Waals surface area contributed by atoms with Crippen molar-refractivity contribution in [1.29, 1.82) is 0 Å². The van der Waals surface area contributed by atoms with Crippen molar-refractivity contribution in [2.45, 2.75) is 62.4 Å².